The first-order valence-corrected chi connectivity index (χ1v) is 10.6. The fraction of sp³-hybridized carbons (Fsp3) is 0.160. The van der Waals surface area contributed by atoms with Crippen molar-refractivity contribution in [3.05, 3.63) is 99.6 Å². The SMILES string of the molecule is CN1CCN=C1c1ccc(C(=O)Cc2ccc(F)cc2C(=O)Nc2ccc(Cl)cc2)c(F)c1. The van der Waals surface area contributed by atoms with E-state index in [1.807, 2.05) is 11.9 Å². The van der Waals surface area contributed by atoms with Crippen molar-refractivity contribution in [2.45, 2.75) is 6.42 Å². The van der Waals surface area contributed by atoms with Gasteiger partial charge in [-0.2, -0.15) is 0 Å². The van der Waals surface area contributed by atoms with Gasteiger partial charge in [-0.25, -0.2) is 8.78 Å². The lowest BCUT2D eigenvalue weighted by Crippen LogP contribution is -2.23. The van der Waals surface area contributed by atoms with E-state index in [9.17, 15) is 18.4 Å². The van der Waals surface area contributed by atoms with Crippen molar-refractivity contribution in [2.75, 3.05) is 25.5 Å². The van der Waals surface area contributed by atoms with Crippen LogP contribution in [0.2, 0.25) is 5.02 Å². The number of likely N-dealkylation sites (N-methyl/N-ethyl adjacent to an activating group) is 1. The molecule has 33 heavy (non-hydrogen) atoms. The predicted octanol–water partition coefficient (Wildman–Crippen LogP) is 4.99. The van der Waals surface area contributed by atoms with Crippen LogP contribution in [-0.2, 0) is 6.42 Å². The fourth-order valence-corrected chi connectivity index (χ4v) is 3.76. The molecule has 0 spiro atoms. The van der Waals surface area contributed by atoms with Crippen LogP contribution in [0.25, 0.3) is 0 Å². The van der Waals surface area contributed by atoms with Crippen LogP contribution in [0.4, 0.5) is 14.5 Å². The first-order valence-electron chi connectivity index (χ1n) is 10.3. The summed E-state index contributed by atoms with van der Waals surface area (Å²) in [4.78, 5) is 31.9. The lowest BCUT2D eigenvalue weighted by atomic mass is 9.97. The molecule has 1 amide bonds. The number of ketones is 1. The Kier molecular flexibility index (Phi) is 6.51. The molecule has 0 radical (unpaired) electrons. The molecule has 168 valence electrons. The van der Waals surface area contributed by atoms with Crippen LogP contribution >= 0.6 is 11.6 Å². The molecule has 0 fully saturated rings. The summed E-state index contributed by atoms with van der Waals surface area (Å²) in [6.07, 6.45) is -0.263. The van der Waals surface area contributed by atoms with Gasteiger partial charge in [0.15, 0.2) is 5.78 Å². The minimum Gasteiger partial charge on any atom is -0.358 e. The second-order valence-electron chi connectivity index (χ2n) is 7.68. The summed E-state index contributed by atoms with van der Waals surface area (Å²) in [5.41, 5.74) is 1.24. The molecule has 0 saturated carbocycles. The van der Waals surface area contributed by atoms with Crippen LogP contribution in [0.15, 0.2) is 65.7 Å². The number of amides is 1. The molecule has 0 saturated heterocycles. The Morgan fingerprint density at radius 3 is 2.45 bits per heavy atom. The predicted molar refractivity (Wildman–Crippen MR) is 124 cm³/mol. The van der Waals surface area contributed by atoms with Crippen molar-refractivity contribution in [1.29, 1.82) is 0 Å². The minimum absolute atomic E-state index is 0.00253. The molecule has 8 heteroatoms. The largest absolute Gasteiger partial charge is 0.358 e. The molecule has 3 aromatic carbocycles. The summed E-state index contributed by atoms with van der Waals surface area (Å²) in [6, 6.07) is 14.3. The van der Waals surface area contributed by atoms with Gasteiger partial charge in [-0.05, 0) is 54.1 Å². The molecule has 4 rings (SSSR count). The van der Waals surface area contributed by atoms with Crippen LogP contribution in [0.1, 0.15) is 31.8 Å². The van der Waals surface area contributed by atoms with E-state index in [0.717, 1.165) is 18.7 Å². The quantitative estimate of drug-likeness (QED) is 0.520. The Morgan fingerprint density at radius 1 is 1.03 bits per heavy atom. The van der Waals surface area contributed by atoms with Gasteiger partial charge in [0.2, 0.25) is 0 Å². The maximum Gasteiger partial charge on any atom is 0.256 e. The Hall–Kier alpha value is -3.58. The molecular weight excluding hydrogens is 448 g/mol. The fourth-order valence-electron chi connectivity index (χ4n) is 3.64. The van der Waals surface area contributed by atoms with Gasteiger partial charge >= 0.3 is 0 Å². The summed E-state index contributed by atoms with van der Waals surface area (Å²) in [7, 11) is 1.87. The molecule has 0 bridgehead atoms. The highest BCUT2D eigenvalue weighted by Gasteiger charge is 2.21. The minimum atomic E-state index is -0.672. The van der Waals surface area contributed by atoms with Crippen LogP contribution < -0.4 is 5.32 Å². The highest BCUT2D eigenvalue weighted by molar-refractivity contribution is 6.30. The van der Waals surface area contributed by atoms with Crippen molar-refractivity contribution in [2.24, 2.45) is 4.99 Å². The van der Waals surface area contributed by atoms with E-state index in [2.05, 4.69) is 10.3 Å². The maximum absolute atomic E-state index is 14.8. The lowest BCUT2D eigenvalue weighted by Gasteiger charge is -2.14. The zero-order valence-electron chi connectivity index (χ0n) is 17.7. The van der Waals surface area contributed by atoms with Crippen molar-refractivity contribution in [3.63, 3.8) is 0 Å². The number of nitrogens with one attached hydrogen (secondary N) is 1. The maximum atomic E-state index is 14.8. The van der Waals surface area contributed by atoms with Gasteiger partial charge in [-0.3, -0.25) is 14.6 Å². The van der Waals surface area contributed by atoms with Crippen molar-refractivity contribution < 1.29 is 18.4 Å². The van der Waals surface area contributed by atoms with Gasteiger partial charge in [0.05, 0.1) is 12.1 Å². The number of halogens is 3. The second kappa shape index (κ2) is 9.50. The van der Waals surface area contributed by atoms with Gasteiger partial charge in [-0.1, -0.05) is 23.7 Å². The average Bonchev–Trinajstić information content (AvgIpc) is 3.22. The molecule has 3 aromatic rings. The number of nitrogens with zero attached hydrogens (tertiary/aromatic N) is 2. The normalized spacial score (nSPS) is 13.1. The molecule has 1 N–H and O–H groups in total. The summed E-state index contributed by atoms with van der Waals surface area (Å²) in [5.74, 6) is -1.72. The second-order valence-corrected chi connectivity index (χ2v) is 8.12. The Balaban J connectivity index is 1.56. The van der Waals surface area contributed by atoms with E-state index < -0.39 is 23.3 Å². The topological polar surface area (TPSA) is 61.8 Å². The first kappa shape index (κ1) is 22.6. The molecular formula is C25H20ClF2N3O2. The van der Waals surface area contributed by atoms with Crippen molar-refractivity contribution >= 4 is 34.8 Å². The van der Waals surface area contributed by atoms with E-state index in [-0.39, 0.29) is 23.1 Å². The smallest absolute Gasteiger partial charge is 0.256 e. The molecule has 5 nitrogen and oxygen atoms in total. The third kappa shape index (κ3) is 5.09. The molecule has 0 atom stereocenters. The zero-order valence-corrected chi connectivity index (χ0v) is 18.5. The van der Waals surface area contributed by atoms with Gasteiger partial charge < -0.3 is 10.2 Å². The van der Waals surface area contributed by atoms with Gasteiger partial charge in [0.25, 0.3) is 5.91 Å². The Bertz CT molecular complexity index is 1260. The third-order valence-electron chi connectivity index (χ3n) is 5.36. The van der Waals surface area contributed by atoms with E-state index in [4.69, 9.17) is 11.6 Å². The Labute approximate surface area is 194 Å². The van der Waals surface area contributed by atoms with Gasteiger partial charge in [-0.15, -0.1) is 0 Å². The Morgan fingerprint density at radius 2 is 1.79 bits per heavy atom. The lowest BCUT2D eigenvalue weighted by molar-refractivity contribution is 0.0988. The average molecular weight is 468 g/mol. The first-order chi connectivity index (χ1) is 15.8. The van der Waals surface area contributed by atoms with Crippen molar-refractivity contribution in [1.82, 2.24) is 4.90 Å². The van der Waals surface area contributed by atoms with Gasteiger partial charge in [0.1, 0.15) is 17.5 Å². The highest BCUT2D eigenvalue weighted by atomic mass is 35.5. The van der Waals surface area contributed by atoms with Crippen LogP contribution in [-0.4, -0.2) is 42.6 Å². The monoisotopic (exact) mass is 467 g/mol. The van der Waals surface area contributed by atoms with Gasteiger partial charge in [0, 0.05) is 41.9 Å². The van der Waals surface area contributed by atoms with E-state index in [0.29, 0.717) is 28.7 Å². The number of carbonyl (C=O) groups is 2. The molecule has 0 unspecified atom stereocenters. The molecule has 0 aromatic heterocycles. The summed E-state index contributed by atoms with van der Waals surface area (Å²) in [5, 5.41) is 3.16. The zero-order chi connectivity index (χ0) is 23.5. The van der Waals surface area contributed by atoms with Crippen molar-refractivity contribution in [3.8, 4) is 0 Å². The number of hydrogen-bond donors (Lipinski definition) is 1. The number of benzene rings is 3. The number of aliphatic imine (C=N–C) groups is 1. The summed E-state index contributed by atoms with van der Waals surface area (Å²) in [6.45, 7) is 1.39. The molecule has 1 heterocycles. The summed E-state index contributed by atoms with van der Waals surface area (Å²) >= 11 is 5.85. The number of carbonyl (C=O) groups excluding carboxylic acids is 2. The number of Topliss-reactive ketones (excluding diaryl/α,β-unsaturated/α-hetero) is 1. The summed E-state index contributed by atoms with van der Waals surface area (Å²) < 4.78 is 28.7. The van der Waals surface area contributed by atoms with E-state index in [1.54, 1.807) is 30.3 Å². The molecule has 1 aliphatic rings. The van der Waals surface area contributed by atoms with Crippen LogP contribution in [0.3, 0.4) is 0 Å². The van der Waals surface area contributed by atoms with Crippen LogP contribution in [0.5, 0.6) is 0 Å². The third-order valence-corrected chi connectivity index (χ3v) is 5.61. The standard InChI is InChI=1S/C25H20ClF2N3O2/c1-31-11-10-29-24(31)16-3-9-20(22(28)12-16)23(32)13-15-2-6-18(27)14-21(15)25(33)30-19-7-4-17(26)5-8-19/h2-9,12,14H,10-11,13H2,1H3,(H,30,33). The number of rotatable bonds is 6. The molecule has 1 aliphatic heterocycles. The number of amidine groups is 1. The molecule has 0 aliphatic carbocycles. The highest BCUT2D eigenvalue weighted by Crippen LogP contribution is 2.21. The number of hydrogen-bond acceptors (Lipinski definition) is 4. The van der Waals surface area contributed by atoms with E-state index >= 15 is 0 Å². The van der Waals surface area contributed by atoms with Crippen LogP contribution in [0, 0.1) is 11.6 Å². The van der Waals surface area contributed by atoms with E-state index in [1.165, 1.54) is 18.2 Å². The number of anilines is 1.